The summed E-state index contributed by atoms with van der Waals surface area (Å²) in [7, 11) is 0. The molecule has 0 saturated heterocycles. The molecule has 0 amide bonds. The molecule has 0 fully saturated rings. The Hall–Kier alpha value is -1.97. The zero-order valence-electron chi connectivity index (χ0n) is 17.1. The fraction of sp³-hybridized carbons (Fsp3) is 0.333. The molecule has 0 unspecified atom stereocenters. The Labute approximate surface area is 193 Å². The van der Waals surface area contributed by atoms with Gasteiger partial charge < -0.3 is 20.3 Å². The lowest BCUT2D eigenvalue weighted by Gasteiger charge is -2.16. The van der Waals surface area contributed by atoms with Crippen molar-refractivity contribution in [2.75, 3.05) is 6.61 Å². The Bertz CT molecular complexity index is 1060. The highest BCUT2D eigenvalue weighted by molar-refractivity contribution is 7.18. The predicted octanol–water partition coefficient (Wildman–Crippen LogP) is 5.19. The maximum atomic E-state index is 14.5. The first-order valence-electron chi connectivity index (χ1n) is 9.51. The van der Waals surface area contributed by atoms with Crippen molar-refractivity contribution in [1.82, 2.24) is 10.2 Å². The van der Waals surface area contributed by atoms with E-state index < -0.39 is 18.0 Å². The van der Waals surface area contributed by atoms with Crippen molar-refractivity contribution in [3.05, 3.63) is 46.2 Å². The molecule has 10 heteroatoms. The van der Waals surface area contributed by atoms with Crippen molar-refractivity contribution < 1.29 is 19.0 Å². The minimum atomic E-state index is -0.780. The van der Waals surface area contributed by atoms with Gasteiger partial charge in [-0.25, -0.2) is 4.39 Å². The van der Waals surface area contributed by atoms with Gasteiger partial charge in [0.15, 0.2) is 11.6 Å². The van der Waals surface area contributed by atoms with E-state index in [2.05, 4.69) is 10.2 Å². The predicted molar refractivity (Wildman–Crippen MR) is 122 cm³/mol. The molecule has 0 aliphatic carbocycles. The fourth-order valence-electron chi connectivity index (χ4n) is 2.56. The third-order valence-corrected chi connectivity index (χ3v) is 5.88. The van der Waals surface area contributed by atoms with E-state index in [4.69, 9.17) is 38.4 Å². The largest absolute Gasteiger partial charge is 0.489 e. The van der Waals surface area contributed by atoms with Gasteiger partial charge in [-0.1, -0.05) is 34.5 Å². The summed E-state index contributed by atoms with van der Waals surface area (Å²) in [5.41, 5.74) is 6.86. The first-order chi connectivity index (χ1) is 14.7. The molecule has 3 aromatic rings. The smallest absolute Gasteiger partial charge is 0.165 e. The summed E-state index contributed by atoms with van der Waals surface area (Å²) >= 11 is 13.9. The molecule has 2 atom stereocenters. The van der Waals surface area contributed by atoms with Gasteiger partial charge in [0.25, 0.3) is 0 Å². The lowest BCUT2D eigenvalue weighted by Crippen LogP contribution is -2.38. The van der Waals surface area contributed by atoms with Crippen molar-refractivity contribution in [2.24, 2.45) is 5.73 Å². The van der Waals surface area contributed by atoms with Crippen LogP contribution in [0.1, 0.15) is 20.8 Å². The van der Waals surface area contributed by atoms with Crippen LogP contribution in [0.2, 0.25) is 10.0 Å². The van der Waals surface area contributed by atoms with E-state index in [0.717, 1.165) is 5.56 Å². The molecule has 31 heavy (non-hydrogen) atoms. The molecule has 2 aromatic carbocycles. The number of aliphatic hydroxyl groups is 1. The van der Waals surface area contributed by atoms with Crippen LogP contribution in [0, 0.1) is 5.82 Å². The van der Waals surface area contributed by atoms with E-state index in [9.17, 15) is 9.50 Å². The number of hydrogen-bond donors (Lipinski definition) is 2. The van der Waals surface area contributed by atoms with E-state index in [0.29, 0.717) is 26.4 Å². The third-order valence-electron chi connectivity index (χ3n) is 4.27. The number of aromatic nitrogens is 2. The Kier molecular flexibility index (Phi) is 7.72. The van der Waals surface area contributed by atoms with Gasteiger partial charge in [-0.15, -0.1) is 10.2 Å². The molecule has 0 bridgehead atoms. The summed E-state index contributed by atoms with van der Waals surface area (Å²) in [6.07, 6.45) is -0.777. The van der Waals surface area contributed by atoms with Crippen molar-refractivity contribution >= 4 is 34.5 Å². The first kappa shape index (κ1) is 23.7. The lowest BCUT2D eigenvalue weighted by molar-refractivity contribution is 0.129. The Morgan fingerprint density at radius 2 is 1.77 bits per heavy atom. The van der Waals surface area contributed by atoms with Gasteiger partial charge in [-0.3, -0.25) is 0 Å². The van der Waals surface area contributed by atoms with E-state index in [1.807, 2.05) is 19.9 Å². The lowest BCUT2D eigenvalue weighted by atomic mass is 10.2. The Balaban J connectivity index is 1.82. The highest BCUT2D eigenvalue weighted by Crippen LogP contribution is 2.38. The SMILES string of the molecule is CC(C)Oc1ccc(-c2nnc(-c3cc(F)c(OC[C@H](N)[C@H](C)O)cc3Cl)s2)cc1Cl. The third kappa shape index (κ3) is 5.84. The molecule has 0 saturated carbocycles. The summed E-state index contributed by atoms with van der Waals surface area (Å²) in [6.45, 7) is 5.32. The van der Waals surface area contributed by atoms with Crippen LogP contribution in [0.4, 0.5) is 4.39 Å². The molecule has 166 valence electrons. The van der Waals surface area contributed by atoms with Crippen LogP contribution >= 0.6 is 34.5 Å². The summed E-state index contributed by atoms with van der Waals surface area (Å²) in [5.74, 6) is -0.0875. The first-order valence-corrected chi connectivity index (χ1v) is 11.1. The molecular formula is C21H22Cl2FN3O3S. The average molecular weight is 486 g/mol. The minimum Gasteiger partial charge on any atom is -0.489 e. The summed E-state index contributed by atoms with van der Waals surface area (Å²) in [5, 5.41) is 19.5. The van der Waals surface area contributed by atoms with Crippen LogP contribution < -0.4 is 15.2 Å². The summed E-state index contributed by atoms with van der Waals surface area (Å²) in [4.78, 5) is 0. The van der Waals surface area contributed by atoms with Crippen LogP contribution in [0.25, 0.3) is 21.1 Å². The van der Waals surface area contributed by atoms with Crippen molar-refractivity contribution in [2.45, 2.75) is 39.0 Å². The van der Waals surface area contributed by atoms with Crippen LogP contribution in [-0.4, -0.2) is 40.2 Å². The van der Waals surface area contributed by atoms with Crippen molar-refractivity contribution in [3.63, 3.8) is 0 Å². The second kappa shape index (κ2) is 10.1. The van der Waals surface area contributed by atoms with E-state index >= 15 is 0 Å². The quantitative estimate of drug-likeness (QED) is 0.456. The van der Waals surface area contributed by atoms with Crippen LogP contribution in [0.3, 0.4) is 0 Å². The monoisotopic (exact) mass is 485 g/mol. The number of ether oxygens (including phenoxy) is 2. The minimum absolute atomic E-state index is 0.00301. The molecule has 0 spiro atoms. The molecule has 6 nitrogen and oxygen atoms in total. The van der Waals surface area contributed by atoms with Gasteiger partial charge >= 0.3 is 0 Å². The zero-order valence-corrected chi connectivity index (χ0v) is 19.4. The standard InChI is InChI=1S/C21H22Cl2FN3O3S/c1-10(2)30-18-5-4-12(6-15(18)23)20-26-27-21(31-20)13-7-16(24)19(8-14(13)22)29-9-17(25)11(3)28/h4-8,10-11,17,28H,9,25H2,1-3H3/t11-,17-/m0/s1. The number of nitrogens with zero attached hydrogens (tertiary/aromatic N) is 2. The number of nitrogens with two attached hydrogens (primary N) is 1. The molecule has 0 aliphatic heterocycles. The van der Waals surface area contributed by atoms with E-state index in [1.165, 1.54) is 30.4 Å². The molecule has 1 heterocycles. The Morgan fingerprint density at radius 3 is 2.42 bits per heavy atom. The van der Waals surface area contributed by atoms with Crippen LogP contribution in [-0.2, 0) is 0 Å². The number of halogens is 3. The van der Waals surface area contributed by atoms with Gasteiger partial charge in [0, 0.05) is 17.2 Å². The van der Waals surface area contributed by atoms with Crippen LogP contribution in [0.5, 0.6) is 11.5 Å². The molecular weight excluding hydrogens is 464 g/mol. The Morgan fingerprint density at radius 1 is 1.06 bits per heavy atom. The van der Waals surface area contributed by atoms with Crippen molar-refractivity contribution in [1.29, 1.82) is 0 Å². The fourth-order valence-corrected chi connectivity index (χ4v) is 3.95. The molecule has 3 rings (SSSR count). The van der Waals surface area contributed by atoms with Crippen LogP contribution in [0.15, 0.2) is 30.3 Å². The molecule has 3 N–H and O–H groups in total. The summed E-state index contributed by atoms with van der Waals surface area (Å²) < 4.78 is 25.5. The normalized spacial score (nSPS) is 13.3. The highest BCUT2D eigenvalue weighted by Gasteiger charge is 2.18. The average Bonchev–Trinajstić information content (AvgIpc) is 3.19. The highest BCUT2D eigenvalue weighted by atomic mass is 35.5. The molecule has 0 radical (unpaired) electrons. The second-order valence-corrected chi connectivity index (χ2v) is 8.99. The number of rotatable bonds is 8. The van der Waals surface area contributed by atoms with Gasteiger partial charge in [-0.2, -0.15) is 0 Å². The number of benzene rings is 2. The van der Waals surface area contributed by atoms with Gasteiger partial charge in [0.1, 0.15) is 22.4 Å². The zero-order chi connectivity index (χ0) is 22.7. The topological polar surface area (TPSA) is 90.5 Å². The van der Waals surface area contributed by atoms with Gasteiger partial charge in [-0.05, 0) is 45.0 Å². The van der Waals surface area contributed by atoms with Gasteiger partial charge in [0.2, 0.25) is 0 Å². The van der Waals surface area contributed by atoms with Crippen molar-refractivity contribution in [3.8, 4) is 32.6 Å². The molecule has 1 aromatic heterocycles. The van der Waals surface area contributed by atoms with Gasteiger partial charge in [0.05, 0.1) is 28.3 Å². The summed E-state index contributed by atoms with van der Waals surface area (Å²) in [6, 6.07) is 7.30. The maximum Gasteiger partial charge on any atom is 0.165 e. The maximum absolute atomic E-state index is 14.5. The number of hydrogen-bond acceptors (Lipinski definition) is 7. The van der Waals surface area contributed by atoms with E-state index in [-0.39, 0.29) is 23.5 Å². The number of aliphatic hydroxyl groups excluding tert-OH is 1. The van der Waals surface area contributed by atoms with E-state index in [1.54, 1.807) is 12.1 Å². The second-order valence-electron chi connectivity index (χ2n) is 7.20. The molecule has 0 aliphatic rings.